The molecule has 7 nitrogen and oxygen atoms in total. The van der Waals surface area contributed by atoms with Crippen molar-refractivity contribution in [1.82, 2.24) is 14.9 Å². The third-order valence-corrected chi connectivity index (χ3v) is 4.30. The fourth-order valence-corrected chi connectivity index (χ4v) is 2.65. The van der Waals surface area contributed by atoms with Crippen LogP contribution in [0, 0.1) is 11.3 Å². The number of ether oxygens (including phenoxy) is 1. The lowest BCUT2D eigenvalue weighted by Crippen LogP contribution is -2.26. The highest BCUT2D eigenvalue weighted by atomic mass is 35.5. The summed E-state index contributed by atoms with van der Waals surface area (Å²) in [4.78, 5) is 27.3. The number of nitriles is 1. The molecule has 0 saturated carbocycles. The van der Waals surface area contributed by atoms with Crippen LogP contribution in [0.2, 0.25) is 10.0 Å². The first-order valence-corrected chi connectivity index (χ1v) is 9.04. The SMILES string of the molecule is C=C(/C=C\C(=O)NC)Cn1cnc(C(F)(F)F)c(Oc2cc(Cl)cc(C#N)c2Cl)c1=O. The quantitative estimate of drug-likeness (QED) is 0.504. The Hall–Kier alpha value is -3.29. The number of carbonyl (C=O) groups excluding carboxylic acids is 1. The van der Waals surface area contributed by atoms with E-state index >= 15 is 0 Å². The average Bonchev–Trinajstić information content (AvgIpc) is 2.70. The highest BCUT2D eigenvalue weighted by molar-refractivity contribution is 6.35. The van der Waals surface area contributed by atoms with E-state index in [-0.39, 0.29) is 27.7 Å². The second-order valence-electron chi connectivity index (χ2n) is 5.94. The van der Waals surface area contributed by atoms with Gasteiger partial charge in [0.15, 0.2) is 5.69 Å². The van der Waals surface area contributed by atoms with E-state index in [4.69, 9.17) is 33.2 Å². The van der Waals surface area contributed by atoms with Gasteiger partial charge in [-0.1, -0.05) is 35.9 Å². The van der Waals surface area contributed by atoms with Crippen LogP contribution >= 0.6 is 23.2 Å². The number of halogens is 5. The first-order valence-electron chi connectivity index (χ1n) is 8.29. The van der Waals surface area contributed by atoms with Gasteiger partial charge in [-0.25, -0.2) is 4.98 Å². The first-order chi connectivity index (χ1) is 14.5. The molecule has 0 aliphatic rings. The molecule has 12 heteroatoms. The fourth-order valence-electron chi connectivity index (χ4n) is 2.25. The van der Waals surface area contributed by atoms with Crippen LogP contribution in [0.4, 0.5) is 13.2 Å². The van der Waals surface area contributed by atoms with Gasteiger partial charge in [0.05, 0.1) is 18.4 Å². The van der Waals surface area contributed by atoms with Gasteiger partial charge in [0, 0.05) is 24.2 Å². The van der Waals surface area contributed by atoms with Crippen LogP contribution in [0.3, 0.4) is 0 Å². The minimum atomic E-state index is -5.02. The number of aromatic nitrogens is 2. The number of allylic oxidation sites excluding steroid dienone is 2. The number of rotatable bonds is 6. The van der Waals surface area contributed by atoms with E-state index in [1.165, 1.54) is 19.2 Å². The number of hydrogen-bond donors (Lipinski definition) is 1. The predicted molar refractivity (Wildman–Crippen MR) is 107 cm³/mol. The summed E-state index contributed by atoms with van der Waals surface area (Å²) in [5.74, 6) is -2.02. The predicted octanol–water partition coefficient (Wildman–Crippen LogP) is 4.09. The monoisotopic (exact) mass is 472 g/mol. The van der Waals surface area contributed by atoms with Crippen LogP contribution in [-0.4, -0.2) is 22.5 Å². The Morgan fingerprint density at radius 3 is 2.65 bits per heavy atom. The van der Waals surface area contributed by atoms with Gasteiger partial charge < -0.3 is 10.1 Å². The van der Waals surface area contributed by atoms with Crippen LogP contribution in [-0.2, 0) is 17.5 Å². The van der Waals surface area contributed by atoms with E-state index in [0.29, 0.717) is 6.33 Å². The molecule has 0 fully saturated rings. The van der Waals surface area contributed by atoms with Crippen molar-refractivity contribution in [2.45, 2.75) is 12.7 Å². The van der Waals surface area contributed by atoms with Crippen LogP contribution in [0.15, 0.2) is 47.6 Å². The number of likely N-dealkylation sites (N-methyl/N-ethyl adjacent to an activating group) is 1. The lowest BCUT2D eigenvalue weighted by molar-refractivity contribution is -0.142. The molecular formula is C19H13Cl2F3N4O3. The molecule has 0 unspecified atom stereocenters. The molecule has 31 heavy (non-hydrogen) atoms. The Morgan fingerprint density at radius 2 is 2.06 bits per heavy atom. The van der Waals surface area contributed by atoms with E-state index in [1.807, 2.05) is 0 Å². The van der Waals surface area contributed by atoms with Crippen molar-refractivity contribution in [1.29, 1.82) is 5.26 Å². The number of nitrogens with one attached hydrogen (secondary N) is 1. The van der Waals surface area contributed by atoms with Crippen LogP contribution in [0.5, 0.6) is 11.5 Å². The van der Waals surface area contributed by atoms with Crippen LogP contribution < -0.4 is 15.6 Å². The van der Waals surface area contributed by atoms with E-state index < -0.39 is 34.8 Å². The Labute approximate surface area is 184 Å². The molecule has 0 saturated heterocycles. The topological polar surface area (TPSA) is 97.0 Å². The molecule has 0 aliphatic heterocycles. The third kappa shape index (κ3) is 5.87. The molecule has 162 valence electrons. The summed E-state index contributed by atoms with van der Waals surface area (Å²) < 4.78 is 46.2. The van der Waals surface area contributed by atoms with Gasteiger partial charge >= 0.3 is 6.18 Å². The zero-order valence-electron chi connectivity index (χ0n) is 15.8. The fraction of sp³-hybridized carbons (Fsp3) is 0.158. The maximum absolute atomic E-state index is 13.4. The maximum atomic E-state index is 13.4. The largest absolute Gasteiger partial charge is 0.448 e. The standard InChI is InChI=1S/C19H13Cl2F3N4O3/c1-10(3-4-14(29)26-2)8-28-9-27-17(19(22,23)24)16(18(28)30)31-13-6-12(20)5-11(7-25)15(13)21/h3-6,9H,1,8H2,2H3,(H,26,29)/b4-3-. The number of hydrogen-bond acceptors (Lipinski definition) is 5. The highest BCUT2D eigenvalue weighted by Crippen LogP contribution is 2.38. The normalized spacial score (nSPS) is 11.3. The smallest absolute Gasteiger partial charge is 0.437 e. The van der Waals surface area contributed by atoms with Gasteiger partial charge in [0.2, 0.25) is 11.7 Å². The maximum Gasteiger partial charge on any atom is 0.437 e. The summed E-state index contributed by atoms with van der Waals surface area (Å²) in [6.07, 6.45) is -1.92. The molecule has 1 amide bonds. The lowest BCUT2D eigenvalue weighted by Gasteiger charge is -2.15. The van der Waals surface area contributed by atoms with Crippen LogP contribution in [0.25, 0.3) is 0 Å². The lowest BCUT2D eigenvalue weighted by atomic mass is 10.2. The summed E-state index contributed by atoms with van der Waals surface area (Å²) >= 11 is 11.8. The van der Waals surface area contributed by atoms with E-state index in [2.05, 4.69) is 16.9 Å². The van der Waals surface area contributed by atoms with E-state index in [1.54, 1.807) is 6.07 Å². The van der Waals surface area contributed by atoms with E-state index in [0.717, 1.165) is 16.7 Å². The van der Waals surface area contributed by atoms with Crippen molar-refractivity contribution in [2.24, 2.45) is 0 Å². The van der Waals surface area contributed by atoms with Crippen LogP contribution in [0.1, 0.15) is 11.3 Å². The van der Waals surface area contributed by atoms with Gasteiger partial charge in [-0.05, 0) is 11.6 Å². The molecule has 1 aromatic heterocycles. The Kier molecular flexibility index (Phi) is 7.49. The first kappa shape index (κ1) is 24.0. The zero-order chi connectivity index (χ0) is 23.3. The Bertz CT molecular complexity index is 1170. The van der Waals surface area contributed by atoms with Gasteiger partial charge in [-0.3, -0.25) is 14.2 Å². The van der Waals surface area contributed by atoms with Crippen molar-refractivity contribution in [3.63, 3.8) is 0 Å². The molecule has 0 radical (unpaired) electrons. The van der Waals surface area contributed by atoms with Crippen molar-refractivity contribution in [3.05, 3.63) is 74.4 Å². The number of alkyl halides is 3. The number of amides is 1. The third-order valence-electron chi connectivity index (χ3n) is 3.69. The highest BCUT2D eigenvalue weighted by Gasteiger charge is 2.39. The van der Waals surface area contributed by atoms with Crippen molar-refractivity contribution in [2.75, 3.05) is 7.05 Å². The molecule has 1 aromatic carbocycles. The summed E-state index contributed by atoms with van der Waals surface area (Å²) in [6, 6.07) is 3.97. The molecule has 1 heterocycles. The summed E-state index contributed by atoms with van der Waals surface area (Å²) in [7, 11) is 1.40. The zero-order valence-corrected chi connectivity index (χ0v) is 17.3. The van der Waals surface area contributed by atoms with Crippen molar-refractivity contribution >= 4 is 29.1 Å². The molecular weight excluding hydrogens is 460 g/mol. The Morgan fingerprint density at radius 1 is 1.39 bits per heavy atom. The molecule has 0 aliphatic carbocycles. The average molecular weight is 473 g/mol. The molecule has 0 bridgehead atoms. The van der Waals surface area contributed by atoms with Gasteiger partial charge in [0.25, 0.3) is 5.56 Å². The molecule has 2 aromatic rings. The van der Waals surface area contributed by atoms with Gasteiger partial charge in [-0.2, -0.15) is 18.4 Å². The molecule has 0 atom stereocenters. The van der Waals surface area contributed by atoms with E-state index in [9.17, 15) is 22.8 Å². The molecule has 2 rings (SSSR count). The van der Waals surface area contributed by atoms with Crippen molar-refractivity contribution in [3.8, 4) is 17.6 Å². The number of carbonyl (C=O) groups is 1. The minimum absolute atomic E-state index is 0.0403. The number of nitrogens with zero attached hydrogens (tertiary/aromatic N) is 3. The summed E-state index contributed by atoms with van der Waals surface area (Å²) in [5.41, 5.74) is -2.71. The summed E-state index contributed by atoms with van der Waals surface area (Å²) in [6.45, 7) is 3.36. The van der Waals surface area contributed by atoms with Crippen molar-refractivity contribution < 1.29 is 22.7 Å². The van der Waals surface area contributed by atoms with Gasteiger partial charge in [0.1, 0.15) is 16.8 Å². The van der Waals surface area contributed by atoms with Gasteiger partial charge in [-0.15, -0.1) is 0 Å². The second-order valence-corrected chi connectivity index (χ2v) is 6.75. The number of benzene rings is 1. The molecule has 0 spiro atoms. The Balaban J connectivity index is 2.54. The minimum Gasteiger partial charge on any atom is -0.448 e. The molecule has 1 N–H and O–H groups in total. The second kappa shape index (κ2) is 9.68. The summed E-state index contributed by atoms with van der Waals surface area (Å²) in [5, 5.41) is 11.0.